The average molecular weight is 212 g/mol. The van der Waals surface area contributed by atoms with Gasteiger partial charge in [0.2, 0.25) is 0 Å². The summed E-state index contributed by atoms with van der Waals surface area (Å²) in [5, 5.41) is 5.94. The number of rotatable bonds is 3. The molecule has 0 aromatic carbocycles. The predicted octanol–water partition coefficient (Wildman–Crippen LogP) is 2.52. The average Bonchev–Trinajstić information content (AvgIpc) is 2.19. The maximum atomic E-state index is 11.5. The maximum absolute atomic E-state index is 11.5. The van der Waals surface area contributed by atoms with Gasteiger partial charge < -0.3 is 10.6 Å². The molecule has 0 radical (unpaired) electrons. The Morgan fingerprint density at radius 3 is 2.67 bits per heavy atom. The van der Waals surface area contributed by atoms with Gasteiger partial charge >= 0.3 is 6.03 Å². The molecule has 0 saturated heterocycles. The second-order valence-electron chi connectivity index (χ2n) is 4.90. The van der Waals surface area contributed by atoms with Crippen molar-refractivity contribution < 1.29 is 4.79 Å². The Bertz CT molecular complexity index is 206. The van der Waals surface area contributed by atoms with Crippen molar-refractivity contribution in [1.29, 1.82) is 0 Å². The minimum absolute atomic E-state index is 0.00301. The molecule has 1 rings (SSSR count). The van der Waals surface area contributed by atoms with Crippen LogP contribution in [0.4, 0.5) is 4.79 Å². The predicted molar refractivity (Wildman–Crippen MR) is 62.8 cm³/mol. The number of hydrogen-bond donors (Lipinski definition) is 2. The molecule has 0 aliphatic heterocycles. The summed E-state index contributed by atoms with van der Waals surface area (Å²) in [5.74, 6) is 1.43. The van der Waals surface area contributed by atoms with Crippen molar-refractivity contribution >= 4 is 6.03 Å². The van der Waals surface area contributed by atoms with Gasteiger partial charge in [-0.3, -0.25) is 0 Å². The summed E-state index contributed by atoms with van der Waals surface area (Å²) < 4.78 is 0. The molecule has 0 aromatic rings. The largest absolute Gasteiger partial charge is 0.338 e. The number of amides is 2. The van der Waals surface area contributed by atoms with E-state index in [1.807, 2.05) is 0 Å². The summed E-state index contributed by atoms with van der Waals surface area (Å²) in [5.41, 5.74) is 0. The van der Waals surface area contributed by atoms with Crippen LogP contribution in [0.3, 0.4) is 0 Å². The normalized spacial score (nSPS) is 31.0. The van der Waals surface area contributed by atoms with E-state index >= 15 is 0 Å². The van der Waals surface area contributed by atoms with E-state index in [1.165, 1.54) is 12.8 Å². The van der Waals surface area contributed by atoms with E-state index in [9.17, 15) is 4.79 Å². The van der Waals surface area contributed by atoms with Gasteiger partial charge in [-0.1, -0.05) is 20.8 Å². The summed E-state index contributed by atoms with van der Waals surface area (Å²) in [6.45, 7) is 7.36. The third kappa shape index (κ3) is 4.10. The van der Waals surface area contributed by atoms with E-state index in [4.69, 9.17) is 0 Å². The highest BCUT2D eigenvalue weighted by atomic mass is 16.2. The lowest BCUT2D eigenvalue weighted by molar-refractivity contribution is 0.206. The molecule has 1 aliphatic carbocycles. The lowest BCUT2D eigenvalue weighted by atomic mass is 9.80. The van der Waals surface area contributed by atoms with Crippen molar-refractivity contribution in [3.63, 3.8) is 0 Å². The monoisotopic (exact) mass is 212 g/mol. The van der Waals surface area contributed by atoms with Gasteiger partial charge in [0.15, 0.2) is 0 Å². The molecule has 2 N–H and O–H groups in total. The lowest BCUT2D eigenvalue weighted by Gasteiger charge is -2.33. The first kappa shape index (κ1) is 12.3. The quantitative estimate of drug-likeness (QED) is 0.741. The van der Waals surface area contributed by atoms with Crippen molar-refractivity contribution in [2.45, 2.75) is 52.5 Å². The Morgan fingerprint density at radius 1 is 1.33 bits per heavy atom. The van der Waals surface area contributed by atoms with E-state index in [2.05, 4.69) is 31.4 Å². The van der Waals surface area contributed by atoms with E-state index in [0.29, 0.717) is 12.0 Å². The van der Waals surface area contributed by atoms with Gasteiger partial charge in [-0.2, -0.15) is 0 Å². The first-order chi connectivity index (χ1) is 7.13. The van der Waals surface area contributed by atoms with Crippen molar-refractivity contribution in [3.8, 4) is 0 Å². The smallest absolute Gasteiger partial charge is 0.315 e. The Balaban J connectivity index is 2.28. The molecule has 15 heavy (non-hydrogen) atoms. The van der Waals surface area contributed by atoms with E-state index in [1.54, 1.807) is 0 Å². The van der Waals surface area contributed by atoms with Gasteiger partial charge in [0.1, 0.15) is 0 Å². The van der Waals surface area contributed by atoms with Gasteiger partial charge in [-0.15, -0.1) is 0 Å². The van der Waals surface area contributed by atoms with Gasteiger partial charge in [0.25, 0.3) is 0 Å². The Labute approximate surface area is 93.0 Å². The van der Waals surface area contributed by atoms with Crippen LogP contribution >= 0.6 is 0 Å². The molecule has 2 amide bonds. The molecule has 0 bridgehead atoms. The second kappa shape index (κ2) is 5.99. The molecular formula is C12H24N2O. The minimum Gasteiger partial charge on any atom is -0.338 e. The summed E-state index contributed by atoms with van der Waals surface area (Å²) in [7, 11) is 0. The van der Waals surface area contributed by atoms with Crippen molar-refractivity contribution in [3.05, 3.63) is 0 Å². The standard InChI is InChI=1S/C12H24N2O/c1-4-7-13-12(15)14-11-6-5-9(2)8-10(11)3/h9-11H,4-8H2,1-3H3,(H2,13,14,15). The fraction of sp³-hybridized carbons (Fsp3) is 0.917. The zero-order valence-corrected chi connectivity index (χ0v) is 10.2. The molecule has 0 aromatic heterocycles. The van der Waals surface area contributed by atoms with Gasteiger partial charge in [-0.25, -0.2) is 4.79 Å². The van der Waals surface area contributed by atoms with Gasteiger partial charge in [-0.05, 0) is 37.5 Å². The Hall–Kier alpha value is -0.730. The molecule has 3 heteroatoms. The van der Waals surface area contributed by atoms with E-state index < -0.39 is 0 Å². The zero-order chi connectivity index (χ0) is 11.3. The fourth-order valence-electron chi connectivity index (χ4n) is 2.34. The fourth-order valence-corrected chi connectivity index (χ4v) is 2.34. The van der Waals surface area contributed by atoms with Crippen LogP contribution in [0.1, 0.15) is 46.5 Å². The van der Waals surface area contributed by atoms with Crippen LogP contribution in [0.2, 0.25) is 0 Å². The van der Waals surface area contributed by atoms with Crippen LogP contribution in [0.25, 0.3) is 0 Å². The summed E-state index contributed by atoms with van der Waals surface area (Å²) in [4.78, 5) is 11.5. The van der Waals surface area contributed by atoms with Crippen LogP contribution in [0.15, 0.2) is 0 Å². The molecule has 3 unspecified atom stereocenters. The molecule has 3 nitrogen and oxygen atoms in total. The molecule has 3 atom stereocenters. The number of urea groups is 1. The van der Waals surface area contributed by atoms with Crippen molar-refractivity contribution in [1.82, 2.24) is 10.6 Å². The van der Waals surface area contributed by atoms with E-state index in [0.717, 1.165) is 25.3 Å². The van der Waals surface area contributed by atoms with Crippen molar-refractivity contribution in [2.75, 3.05) is 6.54 Å². The van der Waals surface area contributed by atoms with Gasteiger partial charge in [0, 0.05) is 12.6 Å². The number of carbonyl (C=O) groups is 1. The van der Waals surface area contributed by atoms with Crippen LogP contribution in [0.5, 0.6) is 0 Å². The van der Waals surface area contributed by atoms with Crippen LogP contribution in [-0.4, -0.2) is 18.6 Å². The second-order valence-corrected chi connectivity index (χ2v) is 4.90. The highest BCUT2D eigenvalue weighted by Gasteiger charge is 2.26. The SMILES string of the molecule is CCCNC(=O)NC1CCC(C)CC1C. The summed E-state index contributed by atoms with van der Waals surface area (Å²) in [6.07, 6.45) is 4.59. The molecule has 88 valence electrons. The number of carbonyl (C=O) groups excluding carboxylic acids is 1. The van der Waals surface area contributed by atoms with Crippen LogP contribution in [0, 0.1) is 11.8 Å². The lowest BCUT2D eigenvalue weighted by Crippen LogP contribution is -2.47. The van der Waals surface area contributed by atoms with E-state index in [-0.39, 0.29) is 6.03 Å². The number of hydrogen-bond acceptors (Lipinski definition) is 1. The molecule has 1 saturated carbocycles. The van der Waals surface area contributed by atoms with Crippen LogP contribution in [-0.2, 0) is 0 Å². The first-order valence-corrected chi connectivity index (χ1v) is 6.17. The molecule has 1 aliphatic rings. The summed E-state index contributed by atoms with van der Waals surface area (Å²) in [6, 6.07) is 0.376. The topological polar surface area (TPSA) is 41.1 Å². The third-order valence-electron chi connectivity index (χ3n) is 3.28. The zero-order valence-electron chi connectivity index (χ0n) is 10.2. The highest BCUT2D eigenvalue weighted by Crippen LogP contribution is 2.28. The Kier molecular flexibility index (Phi) is 4.92. The molecule has 0 spiro atoms. The summed E-state index contributed by atoms with van der Waals surface area (Å²) >= 11 is 0. The maximum Gasteiger partial charge on any atom is 0.315 e. The molecule has 1 fully saturated rings. The third-order valence-corrected chi connectivity index (χ3v) is 3.28. The Morgan fingerprint density at radius 2 is 2.07 bits per heavy atom. The molecule has 0 heterocycles. The van der Waals surface area contributed by atoms with Crippen molar-refractivity contribution in [2.24, 2.45) is 11.8 Å². The first-order valence-electron chi connectivity index (χ1n) is 6.17. The van der Waals surface area contributed by atoms with Gasteiger partial charge in [0.05, 0.1) is 0 Å². The minimum atomic E-state index is 0.00301. The highest BCUT2D eigenvalue weighted by molar-refractivity contribution is 5.74. The molecular weight excluding hydrogens is 188 g/mol. The number of nitrogens with one attached hydrogen (secondary N) is 2. The van der Waals surface area contributed by atoms with Crippen LogP contribution < -0.4 is 10.6 Å².